The van der Waals surface area contributed by atoms with Gasteiger partial charge in [0.05, 0.1) is 11.3 Å². The summed E-state index contributed by atoms with van der Waals surface area (Å²) in [5, 5.41) is 4.62. The maximum absolute atomic E-state index is 13.0. The molecule has 3 aromatic rings. The maximum Gasteiger partial charge on any atom is 0.257 e. The molecule has 1 aliphatic rings. The van der Waals surface area contributed by atoms with Crippen LogP contribution in [0.2, 0.25) is 0 Å². The van der Waals surface area contributed by atoms with Crippen molar-refractivity contribution in [2.75, 3.05) is 13.1 Å². The van der Waals surface area contributed by atoms with Gasteiger partial charge in [-0.25, -0.2) is 4.68 Å². The smallest absolute Gasteiger partial charge is 0.257 e. The normalized spacial score (nSPS) is 17.2. The van der Waals surface area contributed by atoms with Gasteiger partial charge in [0, 0.05) is 25.3 Å². The van der Waals surface area contributed by atoms with E-state index in [4.69, 9.17) is 10.2 Å². The molecule has 1 aromatic carbocycles. The van der Waals surface area contributed by atoms with Gasteiger partial charge in [-0.2, -0.15) is 5.10 Å². The van der Waals surface area contributed by atoms with Crippen LogP contribution in [0.4, 0.5) is 0 Å². The zero-order valence-electron chi connectivity index (χ0n) is 14.1. The molecular weight excluding hydrogens is 316 g/mol. The molecule has 0 bridgehead atoms. The van der Waals surface area contributed by atoms with E-state index in [-0.39, 0.29) is 11.9 Å². The van der Waals surface area contributed by atoms with E-state index >= 15 is 0 Å². The Kier molecular flexibility index (Phi) is 3.89. The van der Waals surface area contributed by atoms with Crippen molar-refractivity contribution in [2.24, 2.45) is 5.73 Å². The quantitative estimate of drug-likeness (QED) is 0.797. The number of para-hydroxylation sites is 1. The number of benzene rings is 1. The Balaban J connectivity index is 1.78. The fourth-order valence-corrected chi connectivity index (χ4v) is 3.13. The van der Waals surface area contributed by atoms with Crippen LogP contribution in [0.1, 0.15) is 22.5 Å². The molecule has 3 heterocycles. The Morgan fingerprint density at radius 1 is 1.24 bits per heavy atom. The van der Waals surface area contributed by atoms with E-state index in [2.05, 4.69) is 5.10 Å². The summed E-state index contributed by atoms with van der Waals surface area (Å²) in [6.45, 7) is 3.12. The minimum Gasteiger partial charge on any atom is -0.460 e. The number of amides is 1. The molecule has 6 nitrogen and oxygen atoms in total. The number of nitrogens with two attached hydrogens (primary N) is 1. The average molecular weight is 336 g/mol. The van der Waals surface area contributed by atoms with E-state index in [9.17, 15) is 4.79 Å². The highest BCUT2D eigenvalue weighted by atomic mass is 16.3. The molecule has 0 radical (unpaired) electrons. The van der Waals surface area contributed by atoms with Crippen LogP contribution in [0.15, 0.2) is 53.1 Å². The van der Waals surface area contributed by atoms with E-state index in [0.717, 1.165) is 17.9 Å². The third-order valence-electron chi connectivity index (χ3n) is 4.45. The van der Waals surface area contributed by atoms with Gasteiger partial charge in [0.15, 0.2) is 5.76 Å². The Hall–Kier alpha value is -2.86. The van der Waals surface area contributed by atoms with Crippen molar-refractivity contribution in [1.29, 1.82) is 0 Å². The van der Waals surface area contributed by atoms with Crippen molar-refractivity contribution >= 4 is 5.91 Å². The lowest BCUT2D eigenvalue weighted by molar-refractivity contribution is 0.0791. The Morgan fingerprint density at radius 3 is 2.68 bits per heavy atom. The number of carbonyl (C=O) groups is 1. The van der Waals surface area contributed by atoms with Crippen LogP contribution < -0.4 is 5.73 Å². The fourth-order valence-electron chi connectivity index (χ4n) is 3.13. The number of likely N-dealkylation sites (tertiary alicyclic amines) is 1. The molecule has 0 spiro atoms. The van der Waals surface area contributed by atoms with Crippen LogP contribution in [0.25, 0.3) is 17.1 Å². The Bertz CT molecular complexity index is 897. The molecule has 2 N–H and O–H groups in total. The molecule has 1 saturated heterocycles. The zero-order valence-corrected chi connectivity index (χ0v) is 14.1. The summed E-state index contributed by atoms with van der Waals surface area (Å²) >= 11 is 0. The molecule has 25 heavy (non-hydrogen) atoms. The van der Waals surface area contributed by atoms with Crippen LogP contribution in [0.3, 0.4) is 0 Å². The van der Waals surface area contributed by atoms with Gasteiger partial charge in [-0.3, -0.25) is 4.79 Å². The molecule has 2 aromatic heterocycles. The molecule has 0 aliphatic carbocycles. The molecule has 128 valence electrons. The monoisotopic (exact) mass is 336 g/mol. The maximum atomic E-state index is 13.0. The molecule has 1 aliphatic heterocycles. The van der Waals surface area contributed by atoms with Crippen molar-refractivity contribution in [1.82, 2.24) is 14.7 Å². The standard InChI is InChI=1S/C19H20N4O2/c1-13-7-8-17(25-13)18-16(19(24)22-10-9-14(20)11-22)12-23(21-18)15-5-3-2-4-6-15/h2-8,12,14H,9-11,20H2,1H3/t14-/m1/s1. The minimum absolute atomic E-state index is 0.0439. The van der Waals surface area contributed by atoms with Gasteiger partial charge in [0.1, 0.15) is 11.5 Å². The first-order valence-corrected chi connectivity index (χ1v) is 8.38. The lowest BCUT2D eigenvalue weighted by atomic mass is 10.2. The van der Waals surface area contributed by atoms with Crippen LogP contribution in [0, 0.1) is 6.92 Å². The van der Waals surface area contributed by atoms with Crippen LogP contribution in [0.5, 0.6) is 0 Å². The zero-order chi connectivity index (χ0) is 17.4. The first-order chi connectivity index (χ1) is 12.1. The lowest BCUT2D eigenvalue weighted by Crippen LogP contribution is -2.32. The summed E-state index contributed by atoms with van der Waals surface area (Å²) < 4.78 is 7.44. The summed E-state index contributed by atoms with van der Waals surface area (Å²) in [7, 11) is 0. The Morgan fingerprint density at radius 2 is 2.04 bits per heavy atom. The summed E-state index contributed by atoms with van der Waals surface area (Å²) in [4.78, 5) is 14.8. The van der Waals surface area contributed by atoms with Gasteiger partial charge in [0.2, 0.25) is 0 Å². The molecular formula is C19H20N4O2. The second-order valence-electron chi connectivity index (χ2n) is 6.38. The largest absolute Gasteiger partial charge is 0.460 e. The second-order valence-corrected chi connectivity index (χ2v) is 6.38. The molecule has 1 fully saturated rings. The summed E-state index contributed by atoms with van der Waals surface area (Å²) in [5.41, 5.74) is 7.94. The van der Waals surface area contributed by atoms with Gasteiger partial charge in [-0.1, -0.05) is 18.2 Å². The van der Waals surface area contributed by atoms with Gasteiger partial charge in [0.25, 0.3) is 5.91 Å². The highest BCUT2D eigenvalue weighted by Crippen LogP contribution is 2.27. The van der Waals surface area contributed by atoms with Gasteiger partial charge < -0.3 is 15.1 Å². The van der Waals surface area contributed by atoms with E-state index in [1.54, 1.807) is 15.8 Å². The van der Waals surface area contributed by atoms with Crippen LogP contribution >= 0.6 is 0 Å². The second kappa shape index (κ2) is 6.22. The lowest BCUT2D eigenvalue weighted by Gasteiger charge is -2.15. The average Bonchev–Trinajstić information content (AvgIpc) is 3.34. The predicted octanol–water partition coefficient (Wildman–Crippen LogP) is 2.61. The van der Waals surface area contributed by atoms with Gasteiger partial charge in [-0.15, -0.1) is 0 Å². The van der Waals surface area contributed by atoms with Crippen LogP contribution in [-0.2, 0) is 0 Å². The number of hydrogen-bond acceptors (Lipinski definition) is 4. The van der Waals surface area contributed by atoms with Crippen molar-refractivity contribution in [3.8, 4) is 17.1 Å². The van der Waals surface area contributed by atoms with E-state index in [1.165, 1.54) is 0 Å². The van der Waals surface area contributed by atoms with Crippen molar-refractivity contribution in [2.45, 2.75) is 19.4 Å². The first-order valence-electron chi connectivity index (χ1n) is 8.38. The van der Waals surface area contributed by atoms with Crippen LogP contribution in [-0.4, -0.2) is 39.7 Å². The molecule has 0 saturated carbocycles. The number of hydrogen-bond donors (Lipinski definition) is 1. The number of nitrogens with zero attached hydrogens (tertiary/aromatic N) is 3. The number of aryl methyl sites for hydroxylation is 1. The number of furan rings is 1. The molecule has 1 amide bonds. The van der Waals surface area contributed by atoms with E-state index in [0.29, 0.717) is 30.1 Å². The van der Waals surface area contributed by atoms with Gasteiger partial charge >= 0.3 is 0 Å². The van der Waals surface area contributed by atoms with Crippen molar-refractivity contribution in [3.63, 3.8) is 0 Å². The molecule has 0 unspecified atom stereocenters. The topological polar surface area (TPSA) is 77.3 Å². The van der Waals surface area contributed by atoms with E-state index in [1.807, 2.05) is 49.4 Å². The minimum atomic E-state index is -0.0563. The number of carbonyl (C=O) groups excluding carboxylic acids is 1. The highest BCUT2D eigenvalue weighted by Gasteiger charge is 2.29. The molecule has 6 heteroatoms. The Labute approximate surface area is 145 Å². The molecule has 4 rings (SSSR count). The fraction of sp³-hybridized carbons (Fsp3) is 0.263. The van der Waals surface area contributed by atoms with Crippen molar-refractivity contribution in [3.05, 3.63) is 60.0 Å². The number of aromatic nitrogens is 2. The predicted molar refractivity (Wildman–Crippen MR) is 94.5 cm³/mol. The summed E-state index contributed by atoms with van der Waals surface area (Å²) in [6, 6.07) is 13.5. The number of rotatable bonds is 3. The molecule has 1 atom stereocenters. The van der Waals surface area contributed by atoms with Gasteiger partial charge in [-0.05, 0) is 37.6 Å². The highest BCUT2D eigenvalue weighted by molar-refractivity contribution is 5.99. The third-order valence-corrected chi connectivity index (χ3v) is 4.45. The van der Waals surface area contributed by atoms with E-state index < -0.39 is 0 Å². The SMILES string of the molecule is Cc1ccc(-c2nn(-c3ccccc3)cc2C(=O)N2CC[C@@H](N)C2)o1. The third kappa shape index (κ3) is 2.96. The summed E-state index contributed by atoms with van der Waals surface area (Å²) in [5.74, 6) is 1.32. The van der Waals surface area contributed by atoms with Crippen molar-refractivity contribution < 1.29 is 9.21 Å². The first kappa shape index (κ1) is 15.7. The summed E-state index contributed by atoms with van der Waals surface area (Å²) in [6.07, 6.45) is 2.60.